The van der Waals surface area contributed by atoms with E-state index in [-0.39, 0.29) is 24.5 Å². The van der Waals surface area contributed by atoms with Crippen molar-refractivity contribution >= 4 is 11.8 Å². The lowest BCUT2D eigenvalue weighted by Crippen LogP contribution is -2.53. The molecule has 5 heteroatoms. The number of carbonyl (C=O) groups excluding carboxylic acids is 2. The van der Waals surface area contributed by atoms with Crippen molar-refractivity contribution in [3.63, 3.8) is 0 Å². The minimum atomic E-state index is -0.665. The van der Waals surface area contributed by atoms with Gasteiger partial charge in [0.15, 0.2) is 6.61 Å². The number of nitrogens with zero attached hydrogens (tertiary/aromatic N) is 1. The number of rotatable bonds is 11. The summed E-state index contributed by atoms with van der Waals surface area (Å²) in [6, 6.07) is 24.8. The Bertz CT molecular complexity index is 1080. The highest BCUT2D eigenvalue weighted by Gasteiger charge is 2.31. The third kappa shape index (κ3) is 7.99. The van der Waals surface area contributed by atoms with E-state index in [1.807, 2.05) is 107 Å². The SMILES string of the molecule is CCC(C)NC(=O)C(Cc1ccccc1)N(Cc1ccc(C)cc1)C(=O)COc1ccc(C)cc1. The molecule has 0 aliphatic carbocycles. The molecule has 0 aliphatic rings. The van der Waals surface area contributed by atoms with Gasteiger partial charge in [-0.15, -0.1) is 0 Å². The van der Waals surface area contributed by atoms with Gasteiger partial charge in [-0.05, 0) is 50.5 Å². The number of benzene rings is 3. The lowest BCUT2D eigenvalue weighted by molar-refractivity contribution is -0.143. The van der Waals surface area contributed by atoms with E-state index in [0.717, 1.165) is 28.7 Å². The molecule has 0 saturated carbocycles. The van der Waals surface area contributed by atoms with Crippen LogP contribution in [0.25, 0.3) is 0 Å². The van der Waals surface area contributed by atoms with Gasteiger partial charge in [0, 0.05) is 19.0 Å². The van der Waals surface area contributed by atoms with E-state index in [4.69, 9.17) is 4.74 Å². The molecule has 0 saturated heterocycles. The maximum absolute atomic E-state index is 13.6. The fourth-order valence-electron chi connectivity index (χ4n) is 3.75. The zero-order valence-corrected chi connectivity index (χ0v) is 21.2. The smallest absolute Gasteiger partial charge is 0.261 e. The molecule has 2 amide bonds. The average Bonchev–Trinajstić information content (AvgIpc) is 2.87. The predicted octanol–water partition coefficient (Wildman–Crippen LogP) is 5.24. The van der Waals surface area contributed by atoms with Gasteiger partial charge < -0.3 is 15.0 Å². The van der Waals surface area contributed by atoms with Gasteiger partial charge >= 0.3 is 0 Å². The van der Waals surface area contributed by atoms with E-state index in [2.05, 4.69) is 5.32 Å². The zero-order chi connectivity index (χ0) is 25.2. The summed E-state index contributed by atoms with van der Waals surface area (Å²) in [4.78, 5) is 28.7. The maximum Gasteiger partial charge on any atom is 0.261 e. The van der Waals surface area contributed by atoms with Gasteiger partial charge in [-0.1, -0.05) is 84.8 Å². The van der Waals surface area contributed by atoms with Gasteiger partial charge in [-0.25, -0.2) is 0 Å². The fourth-order valence-corrected chi connectivity index (χ4v) is 3.75. The van der Waals surface area contributed by atoms with Crippen LogP contribution in [0.2, 0.25) is 0 Å². The number of ether oxygens (including phenoxy) is 1. The minimum Gasteiger partial charge on any atom is -0.484 e. The summed E-state index contributed by atoms with van der Waals surface area (Å²) in [7, 11) is 0. The Morgan fingerprint density at radius 1 is 0.857 bits per heavy atom. The first-order valence-electron chi connectivity index (χ1n) is 12.2. The second-order valence-electron chi connectivity index (χ2n) is 9.13. The van der Waals surface area contributed by atoms with Crippen LogP contribution in [0.3, 0.4) is 0 Å². The maximum atomic E-state index is 13.6. The topological polar surface area (TPSA) is 58.6 Å². The lowest BCUT2D eigenvalue weighted by atomic mass is 10.0. The van der Waals surface area contributed by atoms with Crippen molar-refractivity contribution in [1.29, 1.82) is 0 Å². The second kappa shape index (κ2) is 12.7. The Morgan fingerprint density at radius 3 is 2.06 bits per heavy atom. The molecule has 184 valence electrons. The van der Waals surface area contributed by atoms with E-state index >= 15 is 0 Å². The molecule has 0 bridgehead atoms. The molecule has 0 heterocycles. The van der Waals surface area contributed by atoms with Crippen molar-refractivity contribution in [2.24, 2.45) is 0 Å². The molecule has 0 radical (unpaired) electrons. The van der Waals surface area contributed by atoms with Crippen molar-refractivity contribution in [2.45, 2.75) is 59.2 Å². The third-order valence-electron chi connectivity index (χ3n) is 6.13. The zero-order valence-electron chi connectivity index (χ0n) is 21.2. The molecular formula is C30H36N2O3. The van der Waals surface area contributed by atoms with Gasteiger partial charge in [0.25, 0.3) is 5.91 Å². The molecule has 2 unspecified atom stereocenters. The van der Waals surface area contributed by atoms with Crippen LogP contribution in [0.15, 0.2) is 78.9 Å². The molecular weight excluding hydrogens is 436 g/mol. The normalized spacial score (nSPS) is 12.5. The van der Waals surface area contributed by atoms with E-state index in [9.17, 15) is 9.59 Å². The highest BCUT2D eigenvalue weighted by atomic mass is 16.5. The van der Waals surface area contributed by atoms with Crippen molar-refractivity contribution in [2.75, 3.05) is 6.61 Å². The molecule has 35 heavy (non-hydrogen) atoms. The monoisotopic (exact) mass is 472 g/mol. The van der Waals surface area contributed by atoms with Gasteiger partial charge in [-0.2, -0.15) is 0 Å². The van der Waals surface area contributed by atoms with Crippen LogP contribution in [0.4, 0.5) is 0 Å². The van der Waals surface area contributed by atoms with Crippen LogP contribution in [-0.4, -0.2) is 35.4 Å². The lowest BCUT2D eigenvalue weighted by Gasteiger charge is -2.32. The molecule has 3 aromatic carbocycles. The molecule has 0 fully saturated rings. The second-order valence-corrected chi connectivity index (χ2v) is 9.13. The number of amides is 2. The Morgan fingerprint density at radius 2 is 1.46 bits per heavy atom. The molecule has 5 nitrogen and oxygen atoms in total. The number of carbonyl (C=O) groups is 2. The van der Waals surface area contributed by atoms with Gasteiger partial charge in [-0.3, -0.25) is 9.59 Å². The number of hydrogen-bond donors (Lipinski definition) is 1. The van der Waals surface area contributed by atoms with Crippen LogP contribution in [0.5, 0.6) is 5.75 Å². The van der Waals surface area contributed by atoms with Crippen molar-refractivity contribution in [3.05, 3.63) is 101 Å². The van der Waals surface area contributed by atoms with Crippen LogP contribution >= 0.6 is 0 Å². The van der Waals surface area contributed by atoms with E-state index < -0.39 is 6.04 Å². The van der Waals surface area contributed by atoms with E-state index in [1.165, 1.54) is 0 Å². The summed E-state index contributed by atoms with van der Waals surface area (Å²) in [6.07, 6.45) is 1.23. The van der Waals surface area contributed by atoms with E-state index in [1.54, 1.807) is 4.90 Å². The summed E-state index contributed by atoms with van der Waals surface area (Å²) in [5, 5.41) is 3.09. The Labute approximate surface area is 209 Å². The number of aryl methyl sites for hydroxylation is 2. The van der Waals surface area contributed by atoms with Crippen LogP contribution in [-0.2, 0) is 22.6 Å². The summed E-state index contributed by atoms with van der Waals surface area (Å²) in [5.41, 5.74) is 4.23. The molecule has 3 rings (SSSR count). The van der Waals surface area contributed by atoms with Gasteiger partial charge in [0.1, 0.15) is 11.8 Å². The first kappa shape index (κ1) is 26.0. The third-order valence-corrected chi connectivity index (χ3v) is 6.13. The van der Waals surface area contributed by atoms with Crippen LogP contribution < -0.4 is 10.1 Å². The minimum absolute atomic E-state index is 0.0147. The predicted molar refractivity (Wildman–Crippen MR) is 140 cm³/mol. The standard InChI is InChI=1S/C30H36N2O3/c1-5-24(4)31-30(34)28(19-25-9-7-6-8-10-25)32(20-26-15-11-22(2)12-16-26)29(33)21-35-27-17-13-23(3)14-18-27/h6-18,24,28H,5,19-21H2,1-4H3,(H,31,34). The Hall–Kier alpha value is -3.60. The molecule has 0 aromatic heterocycles. The summed E-state index contributed by atoms with van der Waals surface area (Å²) >= 11 is 0. The molecule has 2 atom stereocenters. The van der Waals surface area contributed by atoms with Crippen LogP contribution in [0.1, 0.15) is 42.5 Å². The fraction of sp³-hybridized carbons (Fsp3) is 0.333. The Balaban J connectivity index is 1.89. The first-order chi connectivity index (χ1) is 16.9. The van der Waals surface area contributed by atoms with Crippen molar-refractivity contribution in [3.8, 4) is 5.75 Å². The quantitative estimate of drug-likeness (QED) is 0.415. The first-order valence-corrected chi connectivity index (χ1v) is 12.2. The largest absolute Gasteiger partial charge is 0.484 e. The molecule has 0 aliphatic heterocycles. The molecule has 0 spiro atoms. The Kier molecular flexibility index (Phi) is 9.47. The van der Waals surface area contributed by atoms with Crippen LogP contribution in [0, 0.1) is 13.8 Å². The van der Waals surface area contributed by atoms with Crippen molar-refractivity contribution < 1.29 is 14.3 Å². The van der Waals surface area contributed by atoms with Gasteiger partial charge in [0.2, 0.25) is 5.91 Å². The van der Waals surface area contributed by atoms with Gasteiger partial charge in [0.05, 0.1) is 0 Å². The number of hydrogen-bond acceptors (Lipinski definition) is 3. The highest BCUT2D eigenvalue weighted by molar-refractivity contribution is 5.88. The number of nitrogens with one attached hydrogen (secondary N) is 1. The molecule has 1 N–H and O–H groups in total. The summed E-state index contributed by atoms with van der Waals surface area (Å²) in [6.45, 7) is 8.22. The average molecular weight is 473 g/mol. The van der Waals surface area contributed by atoms with Crippen molar-refractivity contribution in [1.82, 2.24) is 10.2 Å². The molecule has 3 aromatic rings. The van der Waals surface area contributed by atoms with E-state index in [0.29, 0.717) is 18.7 Å². The highest BCUT2D eigenvalue weighted by Crippen LogP contribution is 2.17. The summed E-state index contributed by atoms with van der Waals surface area (Å²) in [5.74, 6) is 0.244. The summed E-state index contributed by atoms with van der Waals surface area (Å²) < 4.78 is 5.82.